The van der Waals surface area contributed by atoms with Gasteiger partial charge in [0.1, 0.15) is 11.2 Å². The highest BCUT2D eigenvalue weighted by Crippen LogP contribution is 2.29. The fraction of sp³-hybridized carbons (Fsp3) is 0. The Hall–Kier alpha value is -1.31. The second kappa shape index (κ2) is 4.52. The van der Waals surface area contributed by atoms with Gasteiger partial charge in [-0.15, -0.1) is 0 Å². The van der Waals surface area contributed by atoms with E-state index in [9.17, 15) is 8.42 Å². The Morgan fingerprint density at radius 2 is 2.06 bits per heavy atom. The second-order valence-corrected chi connectivity index (χ2v) is 5.43. The van der Waals surface area contributed by atoms with Gasteiger partial charge in [0.2, 0.25) is 5.95 Å². The summed E-state index contributed by atoms with van der Waals surface area (Å²) in [6.07, 6.45) is 1.18. The van der Waals surface area contributed by atoms with E-state index >= 15 is 0 Å². The lowest BCUT2D eigenvalue weighted by Crippen LogP contribution is -2.14. The number of aromatic nitrogens is 3. The van der Waals surface area contributed by atoms with Crippen molar-refractivity contribution in [3.8, 4) is 0 Å². The van der Waals surface area contributed by atoms with E-state index in [1.54, 1.807) is 0 Å². The molecule has 0 spiro atoms. The second-order valence-electron chi connectivity index (χ2n) is 2.99. The molecule has 2 N–H and O–H groups in total. The number of hydrogen-bond donors (Lipinski definition) is 2. The molecule has 9 heteroatoms. The molecule has 0 bridgehead atoms. The SMILES string of the molecule is O=S(=O)(Nc1ncn[nH]1)c1cccc(Cl)c1Cl. The van der Waals surface area contributed by atoms with Crippen LogP contribution in [0.1, 0.15) is 0 Å². The third kappa shape index (κ3) is 2.51. The fourth-order valence-corrected chi connectivity index (χ4v) is 2.86. The number of aromatic amines is 1. The summed E-state index contributed by atoms with van der Waals surface area (Å²) in [7, 11) is -3.84. The molecule has 0 aliphatic heterocycles. The third-order valence-corrected chi connectivity index (χ3v) is 4.16. The van der Waals surface area contributed by atoms with E-state index in [0.717, 1.165) is 0 Å². The van der Waals surface area contributed by atoms with Crippen molar-refractivity contribution >= 4 is 39.2 Å². The van der Waals surface area contributed by atoms with E-state index in [1.165, 1.54) is 24.5 Å². The molecule has 0 atom stereocenters. The van der Waals surface area contributed by atoms with Crippen molar-refractivity contribution in [2.45, 2.75) is 4.90 Å². The molecule has 2 rings (SSSR count). The van der Waals surface area contributed by atoms with Crippen LogP contribution in [0, 0.1) is 0 Å². The van der Waals surface area contributed by atoms with E-state index in [4.69, 9.17) is 23.2 Å². The van der Waals surface area contributed by atoms with Gasteiger partial charge in [0.25, 0.3) is 10.0 Å². The Balaban J connectivity index is 2.42. The Morgan fingerprint density at radius 3 is 2.71 bits per heavy atom. The summed E-state index contributed by atoms with van der Waals surface area (Å²) in [4.78, 5) is 3.52. The van der Waals surface area contributed by atoms with Gasteiger partial charge >= 0.3 is 0 Å². The van der Waals surface area contributed by atoms with E-state index < -0.39 is 10.0 Å². The molecule has 6 nitrogen and oxygen atoms in total. The van der Waals surface area contributed by atoms with Crippen LogP contribution in [0.25, 0.3) is 0 Å². The zero-order valence-corrected chi connectivity index (χ0v) is 10.5. The zero-order valence-electron chi connectivity index (χ0n) is 8.18. The summed E-state index contributed by atoms with van der Waals surface area (Å²) in [5.74, 6) is 0.000965. The van der Waals surface area contributed by atoms with Crippen LogP contribution < -0.4 is 4.72 Å². The number of rotatable bonds is 3. The van der Waals surface area contributed by atoms with Crippen molar-refractivity contribution in [3.63, 3.8) is 0 Å². The molecule has 1 heterocycles. The Morgan fingerprint density at radius 1 is 1.29 bits per heavy atom. The number of hydrogen-bond acceptors (Lipinski definition) is 4. The molecule has 0 radical (unpaired) electrons. The van der Waals surface area contributed by atoms with E-state index in [1.807, 2.05) is 0 Å². The average Bonchev–Trinajstić information content (AvgIpc) is 2.73. The Bertz CT molecular complexity index is 627. The minimum atomic E-state index is -3.84. The number of benzene rings is 1. The maximum atomic E-state index is 11.9. The van der Waals surface area contributed by atoms with Crippen LogP contribution in [-0.4, -0.2) is 23.6 Å². The van der Waals surface area contributed by atoms with E-state index in [2.05, 4.69) is 19.9 Å². The quantitative estimate of drug-likeness (QED) is 0.904. The number of sulfonamides is 1. The van der Waals surface area contributed by atoms with Crippen LogP contribution in [0.4, 0.5) is 5.95 Å². The van der Waals surface area contributed by atoms with Gasteiger partial charge in [0, 0.05) is 0 Å². The van der Waals surface area contributed by atoms with Gasteiger partial charge in [0.05, 0.1) is 10.0 Å². The van der Waals surface area contributed by atoms with Crippen LogP contribution >= 0.6 is 23.2 Å². The van der Waals surface area contributed by atoms with E-state index in [0.29, 0.717) is 0 Å². The van der Waals surface area contributed by atoms with Crippen LogP contribution in [0.15, 0.2) is 29.4 Å². The largest absolute Gasteiger partial charge is 0.265 e. The fourth-order valence-electron chi connectivity index (χ4n) is 1.13. The number of nitrogens with one attached hydrogen (secondary N) is 2. The number of anilines is 1. The van der Waals surface area contributed by atoms with Crippen molar-refractivity contribution in [1.82, 2.24) is 15.2 Å². The Kier molecular flexibility index (Phi) is 3.23. The molecule has 0 saturated carbocycles. The summed E-state index contributed by atoms with van der Waals surface area (Å²) < 4.78 is 26.0. The topological polar surface area (TPSA) is 87.7 Å². The maximum absolute atomic E-state index is 11.9. The van der Waals surface area contributed by atoms with Crippen LogP contribution in [0.5, 0.6) is 0 Å². The predicted octanol–water partition coefficient (Wildman–Crippen LogP) is 1.91. The van der Waals surface area contributed by atoms with Crippen LogP contribution in [0.2, 0.25) is 10.0 Å². The van der Waals surface area contributed by atoms with Crippen molar-refractivity contribution < 1.29 is 8.42 Å². The van der Waals surface area contributed by atoms with Crippen molar-refractivity contribution in [3.05, 3.63) is 34.6 Å². The minimum absolute atomic E-state index is 0.000965. The molecule has 0 aliphatic carbocycles. The molecule has 0 fully saturated rings. The highest BCUT2D eigenvalue weighted by Gasteiger charge is 2.20. The van der Waals surface area contributed by atoms with Crippen LogP contribution in [-0.2, 0) is 10.0 Å². The first kappa shape index (κ1) is 12.2. The summed E-state index contributed by atoms with van der Waals surface area (Å²) in [6.45, 7) is 0. The molecule has 17 heavy (non-hydrogen) atoms. The van der Waals surface area contributed by atoms with Crippen LogP contribution in [0.3, 0.4) is 0 Å². The molecule has 90 valence electrons. The monoisotopic (exact) mass is 292 g/mol. The summed E-state index contributed by atoms with van der Waals surface area (Å²) in [5.41, 5.74) is 0. The number of nitrogens with zero attached hydrogens (tertiary/aromatic N) is 2. The van der Waals surface area contributed by atoms with Crippen molar-refractivity contribution in [1.29, 1.82) is 0 Å². The van der Waals surface area contributed by atoms with Crippen molar-refractivity contribution in [2.75, 3.05) is 4.72 Å². The van der Waals surface area contributed by atoms with Gasteiger partial charge in [-0.1, -0.05) is 29.3 Å². The van der Waals surface area contributed by atoms with Crippen molar-refractivity contribution in [2.24, 2.45) is 0 Å². The highest BCUT2D eigenvalue weighted by molar-refractivity contribution is 7.92. The zero-order chi connectivity index (χ0) is 12.5. The lowest BCUT2D eigenvalue weighted by molar-refractivity contribution is 0.601. The molecular formula is C8H6Cl2N4O2S. The number of halogens is 2. The molecule has 1 aromatic heterocycles. The smallest absolute Gasteiger partial charge is 0.248 e. The Labute approximate surface area is 107 Å². The normalized spacial score (nSPS) is 11.4. The lowest BCUT2D eigenvalue weighted by atomic mass is 10.4. The first-order valence-electron chi connectivity index (χ1n) is 4.33. The number of H-pyrrole nitrogens is 1. The lowest BCUT2D eigenvalue weighted by Gasteiger charge is -2.07. The van der Waals surface area contributed by atoms with Gasteiger partial charge in [-0.2, -0.15) is 10.1 Å². The molecule has 1 aromatic carbocycles. The van der Waals surface area contributed by atoms with Gasteiger partial charge in [-0.3, -0.25) is 0 Å². The average molecular weight is 293 g/mol. The minimum Gasteiger partial charge on any atom is -0.248 e. The molecule has 0 aliphatic rings. The highest BCUT2D eigenvalue weighted by atomic mass is 35.5. The van der Waals surface area contributed by atoms with Gasteiger partial charge in [0.15, 0.2) is 0 Å². The molecule has 0 unspecified atom stereocenters. The first-order valence-corrected chi connectivity index (χ1v) is 6.57. The third-order valence-electron chi connectivity index (χ3n) is 1.85. The van der Waals surface area contributed by atoms with Gasteiger partial charge < -0.3 is 0 Å². The first-order chi connectivity index (χ1) is 8.00. The molecular weight excluding hydrogens is 287 g/mol. The molecule has 0 amide bonds. The maximum Gasteiger partial charge on any atom is 0.265 e. The summed E-state index contributed by atoms with van der Waals surface area (Å²) >= 11 is 11.6. The molecule has 2 aromatic rings. The molecule has 0 saturated heterocycles. The standard InChI is InChI=1S/C8H6Cl2N4O2S/c9-5-2-1-3-6(7(5)10)17(15,16)14-8-11-4-12-13-8/h1-4H,(H2,11,12,13,14). The predicted molar refractivity (Wildman–Crippen MR) is 63.7 cm³/mol. The summed E-state index contributed by atoms with van der Waals surface area (Å²) in [5, 5.41) is 6.01. The van der Waals surface area contributed by atoms with Gasteiger partial charge in [-0.05, 0) is 12.1 Å². The van der Waals surface area contributed by atoms with Gasteiger partial charge in [-0.25, -0.2) is 18.2 Å². The van der Waals surface area contributed by atoms with E-state index in [-0.39, 0.29) is 20.9 Å². The summed E-state index contributed by atoms with van der Waals surface area (Å²) in [6, 6.07) is 4.33.